The van der Waals surface area contributed by atoms with Crippen LogP contribution in [0.25, 0.3) is 6.08 Å². The predicted molar refractivity (Wildman–Crippen MR) is 103 cm³/mol. The molecule has 1 fully saturated rings. The van der Waals surface area contributed by atoms with Crippen LogP contribution in [0.4, 0.5) is 4.79 Å². The Morgan fingerprint density at radius 1 is 1.15 bits per heavy atom. The molecule has 1 atom stereocenters. The summed E-state index contributed by atoms with van der Waals surface area (Å²) in [6.07, 6.45) is 4.21. The van der Waals surface area contributed by atoms with E-state index in [1.165, 1.54) is 5.56 Å². The second-order valence-corrected chi connectivity index (χ2v) is 7.00. The summed E-state index contributed by atoms with van der Waals surface area (Å²) in [4.78, 5) is 27.4. The lowest BCUT2D eigenvalue weighted by Crippen LogP contribution is -2.54. The van der Waals surface area contributed by atoms with Gasteiger partial charge in [0.15, 0.2) is 0 Å². The smallest absolute Gasteiger partial charge is 0.317 e. The van der Waals surface area contributed by atoms with E-state index in [0.717, 1.165) is 19.6 Å². The minimum absolute atomic E-state index is 0.0480. The molecule has 0 aliphatic carbocycles. The summed E-state index contributed by atoms with van der Waals surface area (Å²) in [7, 11) is 0. The van der Waals surface area contributed by atoms with Crippen LogP contribution in [-0.2, 0) is 4.79 Å². The molecular weight excluding hydrogens is 330 g/mol. The summed E-state index contributed by atoms with van der Waals surface area (Å²) in [5, 5.41) is 11.8. The van der Waals surface area contributed by atoms with Gasteiger partial charge >= 0.3 is 12.0 Å². The molecule has 1 aromatic rings. The SMILES string of the molecule is CC(C)[C@H](CC(=O)O)NC(=O)N1CCN(C/C=C/c2ccccc2)CC1. The molecule has 1 aliphatic rings. The summed E-state index contributed by atoms with van der Waals surface area (Å²) in [5.74, 6) is -0.807. The number of aliphatic carboxylic acids is 1. The molecule has 2 rings (SSSR count). The zero-order valence-electron chi connectivity index (χ0n) is 15.6. The Labute approximate surface area is 155 Å². The maximum Gasteiger partial charge on any atom is 0.317 e. The van der Waals surface area contributed by atoms with Crippen LogP contribution in [0.3, 0.4) is 0 Å². The van der Waals surface area contributed by atoms with Crippen molar-refractivity contribution in [1.29, 1.82) is 0 Å². The number of benzene rings is 1. The Morgan fingerprint density at radius 2 is 1.81 bits per heavy atom. The number of nitrogens with one attached hydrogen (secondary N) is 1. The third kappa shape index (κ3) is 6.52. The molecule has 2 amide bonds. The van der Waals surface area contributed by atoms with Gasteiger partial charge in [0.05, 0.1) is 6.42 Å². The molecule has 1 aromatic carbocycles. The molecule has 0 radical (unpaired) electrons. The number of hydrogen-bond acceptors (Lipinski definition) is 3. The van der Waals surface area contributed by atoms with Crippen molar-refractivity contribution in [2.75, 3.05) is 32.7 Å². The molecule has 0 saturated carbocycles. The van der Waals surface area contributed by atoms with Crippen LogP contribution in [0.15, 0.2) is 36.4 Å². The van der Waals surface area contributed by atoms with Gasteiger partial charge < -0.3 is 15.3 Å². The number of hydrogen-bond donors (Lipinski definition) is 2. The van der Waals surface area contributed by atoms with E-state index in [2.05, 4.69) is 34.5 Å². The first-order valence-electron chi connectivity index (χ1n) is 9.17. The number of carbonyl (C=O) groups excluding carboxylic acids is 1. The lowest BCUT2D eigenvalue weighted by Gasteiger charge is -2.35. The lowest BCUT2D eigenvalue weighted by atomic mass is 10.0. The highest BCUT2D eigenvalue weighted by Gasteiger charge is 2.25. The number of amides is 2. The number of urea groups is 1. The van der Waals surface area contributed by atoms with Crippen molar-refractivity contribution in [2.24, 2.45) is 5.92 Å². The van der Waals surface area contributed by atoms with Crippen molar-refractivity contribution < 1.29 is 14.7 Å². The zero-order chi connectivity index (χ0) is 18.9. The van der Waals surface area contributed by atoms with Crippen molar-refractivity contribution in [3.05, 3.63) is 42.0 Å². The average molecular weight is 359 g/mol. The number of piperazine rings is 1. The fraction of sp³-hybridized carbons (Fsp3) is 0.500. The van der Waals surface area contributed by atoms with E-state index in [-0.39, 0.29) is 24.4 Å². The van der Waals surface area contributed by atoms with Crippen molar-refractivity contribution >= 4 is 18.1 Å². The standard InChI is InChI=1S/C20H29N3O3/c1-16(2)18(15-19(24)25)21-20(26)23-13-11-22(12-14-23)10-6-9-17-7-4-3-5-8-17/h3-9,16,18H,10-15H2,1-2H3,(H,21,26)(H,24,25)/b9-6+/t18-/m0/s1. The molecular formula is C20H29N3O3. The summed E-state index contributed by atoms with van der Waals surface area (Å²) in [5.41, 5.74) is 1.18. The topological polar surface area (TPSA) is 72.9 Å². The largest absolute Gasteiger partial charge is 0.481 e. The van der Waals surface area contributed by atoms with Crippen LogP contribution in [0.5, 0.6) is 0 Å². The molecule has 0 bridgehead atoms. The van der Waals surface area contributed by atoms with Crippen LogP contribution >= 0.6 is 0 Å². The first kappa shape index (κ1) is 20.0. The van der Waals surface area contributed by atoms with Crippen LogP contribution in [0.2, 0.25) is 0 Å². The molecule has 1 heterocycles. The van der Waals surface area contributed by atoms with Crippen molar-refractivity contribution in [1.82, 2.24) is 15.1 Å². The van der Waals surface area contributed by atoms with Gasteiger partial charge in [0.25, 0.3) is 0 Å². The summed E-state index contributed by atoms with van der Waals surface area (Å²) < 4.78 is 0. The van der Waals surface area contributed by atoms with Gasteiger partial charge in [0.1, 0.15) is 0 Å². The number of carbonyl (C=O) groups is 2. The van der Waals surface area contributed by atoms with Gasteiger partial charge in [0.2, 0.25) is 0 Å². The molecule has 0 aromatic heterocycles. The van der Waals surface area contributed by atoms with Crippen LogP contribution in [-0.4, -0.2) is 65.7 Å². The number of carboxylic acid groups (broad SMARTS) is 1. The Bertz CT molecular complexity index is 608. The van der Waals surface area contributed by atoms with E-state index < -0.39 is 5.97 Å². The first-order chi connectivity index (χ1) is 12.5. The van der Waals surface area contributed by atoms with E-state index in [1.807, 2.05) is 32.0 Å². The van der Waals surface area contributed by atoms with E-state index in [0.29, 0.717) is 13.1 Å². The lowest BCUT2D eigenvalue weighted by molar-refractivity contribution is -0.137. The second-order valence-electron chi connectivity index (χ2n) is 7.00. The van der Waals surface area contributed by atoms with E-state index >= 15 is 0 Å². The predicted octanol–water partition coefficient (Wildman–Crippen LogP) is 2.53. The van der Waals surface area contributed by atoms with Gasteiger partial charge in [-0.2, -0.15) is 0 Å². The summed E-state index contributed by atoms with van der Waals surface area (Å²) in [6.45, 7) is 7.65. The minimum Gasteiger partial charge on any atom is -0.481 e. The van der Waals surface area contributed by atoms with E-state index in [9.17, 15) is 9.59 Å². The molecule has 0 spiro atoms. The normalized spacial score (nSPS) is 16.8. The second kappa shape index (κ2) is 9.97. The molecule has 6 heteroatoms. The maximum atomic E-state index is 12.4. The molecule has 1 aliphatic heterocycles. The highest BCUT2D eigenvalue weighted by molar-refractivity contribution is 5.76. The van der Waals surface area contributed by atoms with Crippen LogP contribution < -0.4 is 5.32 Å². The highest BCUT2D eigenvalue weighted by Crippen LogP contribution is 2.09. The molecule has 142 valence electrons. The molecule has 1 saturated heterocycles. The van der Waals surface area contributed by atoms with Gasteiger partial charge in [0, 0.05) is 38.8 Å². The van der Waals surface area contributed by atoms with Crippen molar-refractivity contribution in [3.8, 4) is 0 Å². The summed E-state index contributed by atoms with van der Waals surface area (Å²) in [6, 6.07) is 9.68. The van der Waals surface area contributed by atoms with Crippen LogP contribution in [0, 0.1) is 5.92 Å². The fourth-order valence-corrected chi connectivity index (χ4v) is 2.93. The summed E-state index contributed by atoms with van der Waals surface area (Å²) >= 11 is 0. The quantitative estimate of drug-likeness (QED) is 0.785. The third-order valence-electron chi connectivity index (χ3n) is 4.64. The zero-order valence-corrected chi connectivity index (χ0v) is 15.6. The first-order valence-corrected chi connectivity index (χ1v) is 9.17. The average Bonchev–Trinajstić information content (AvgIpc) is 2.62. The molecule has 0 unspecified atom stereocenters. The molecule has 2 N–H and O–H groups in total. The van der Waals surface area contributed by atoms with Gasteiger partial charge in [-0.3, -0.25) is 9.69 Å². The van der Waals surface area contributed by atoms with Gasteiger partial charge in [-0.05, 0) is 11.5 Å². The Kier molecular flexibility index (Phi) is 7.66. The van der Waals surface area contributed by atoms with E-state index in [1.54, 1.807) is 4.90 Å². The fourth-order valence-electron chi connectivity index (χ4n) is 2.93. The van der Waals surface area contributed by atoms with Crippen molar-refractivity contribution in [2.45, 2.75) is 26.3 Å². The Balaban J connectivity index is 1.75. The Hall–Kier alpha value is -2.34. The number of nitrogens with zero attached hydrogens (tertiary/aromatic N) is 2. The van der Waals surface area contributed by atoms with Gasteiger partial charge in [-0.15, -0.1) is 0 Å². The molecule has 26 heavy (non-hydrogen) atoms. The van der Waals surface area contributed by atoms with E-state index in [4.69, 9.17) is 5.11 Å². The molecule has 6 nitrogen and oxygen atoms in total. The highest BCUT2D eigenvalue weighted by atomic mass is 16.4. The monoisotopic (exact) mass is 359 g/mol. The maximum absolute atomic E-state index is 12.4. The third-order valence-corrected chi connectivity index (χ3v) is 4.64. The van der Waals surface area contributed by atoms with Gasteiger partial charge in [-0.1, -0.05) is 56.3 Å². The Morgan fingerprint density at radius 3 is 2.38 bits per heavy atom. The van der Waals surface area contributed by atoms with Gasteiger partial charge in [-0.25, -0.2) is 4.79 Å². The number of carboxylic acids is 1. The van der Waals surface area contributed by atoms with Crippen molar-refractivity contribution in [3.63, 3.8) is 0 Å². The minimum atomic E-state index is -0.890. The number of rotatable bonds is 7. The van der Waals surface area contributed by atoms with Crippen LogP contribution in [0.1, 0.15) is 25.8 Å².